The minimum Gasteiger partial charge on any atom is -0.354 e. The Balaban J connectivity index is 1.77. The van der Waals surface area contributed by atoms with Crippen LogP contribution in [0.5, 0.6) is 0 Å². The summed E-state index contributed by atoms with van der Waals surface area (Å²) in [5.74, 6) is -0.189. The number of hydrogen-bond donors (Lipinski definition) is 2. The molecule has 0 unspecified atom stereocenters. The minimum absolute atomic E-state index is 0.189. The van der Waals surface area contributed by atoms with Gasteiger partial charge in [0.05, 0.1) is 17.4 Å². The van der Waals surface area contributed by atoms with Crippen molar-refractivity contribution in [1.82, 2.24) is 4.98 Å². The maximum absolute atomic E-state index is 12.5. The van der Waals surface area contributed by atoms with Gasteiger partial charge in [-0.15, -0.1) is 0 Å². The molecule has 0 bridgehead atoms. The zero-order chi connectivity index (χ0) is 17.8. The first-order valence-electron chi connectivity index (χ1n) is 7.87. The van der Waals surface area contributed by atoms with Crippen LogP contribution in [0.4, 0.5) is 17.1 Å². The maximum Gasteiger partial charge on any atom is 0.257 e. The van der Waals surface area contributed by atoms with Gasteiger partial charge in [-0.25, -0.2) is 0 Å². The van der Waals surface area contributed by atoms with Gasteiger partial charge in [0.25, 0.3) is 5.91 Å². The number of amides is 1. The van der Waals surface area contributed by atoms with Crippen molar-refractivity contribution < 1.29 is 4.79 Å². The Morgan fingerprint density at radius 1 is 1.00 bits per heavy atom. The number of carbonyl (C=O) groups is 1. The van der Waals surface area contributed by atoms with E-state index in [1.807, 2.05) is 56.3 Å². The predicted molar refractivity (Wildman–Crippen MR) is 106 cm³/mol. The van der Waals surface area contributed by atoms with E-state index in [1.54, 1.807) is 18.5 Å². The standard InChI is InChI=1S/C20H18BrN3O/c1-13-4-3-5-17(8-13)23-18-10-15(11-22-12-18)20(25)24-19-7-6-16(21)9-14(19)2/h3-12,23H,1-2H3,(H,24,25). The number of hydrogen-bond acceptors (Lipinski definition) is 3. The summed E-state index contributed by atoms with van der Waals surface area (Å²) < 4.78 is 0.981. The first-order chi connectivity index (χ1) is 12.0. The summed E-state index contributed by atoms with van der Waals surface area (Å²) in [6.07, 6.45) is 3.26. The highest BCUT2D eigenvalue weighted by Gasteiger charge is 2.09. The van der Waals surface area contributed by atoms with Gasteiger partial charge in [0.15, 0.2) is 0 Å². The highest BCUT2D eigenvalue weighted by Crippen LogP contribution is 2.22. The molecule has 0 aliphatic rings. The maximum atomic E-state index is 12.5. The van der Waals surface area contributed by atoms with Gasteiger partial charge < -0.3 is 10.6 Å². The number of anilines is 3. The van der Waals surface area contributed by atoms with Gasteiger partial charge in [0.1, 0.15) is 0 Å². The van der Waals surface area contributed by atoms with Crippen LogP contribution in [-0.2, 0) is 0 Å². The zero-order valence-corrected chi connectivity index (χ0v) is 15.6. The van der Waals surface area contributed by atoms with Gasteiger partial charge >= 0.3 is 0 Å². The average molecular weight is 396 g/mol. The van der Waals surface area contributed by atoms with Crippen molar-refractivity contribution in [2.24, 2.45) is 0 Å². The highest BCUT2D eigenvalue weighted by molar-refractivity contribution is 9.10. The van der Waals surface area contributed by atoms with Crippen LogP contribution in [-0.4, -0.2) is 10.9 Å². The van der Waals surface area contributed by atoms with E-state index in [0.29, 0.717) is 5.56 Å². The number of pyridine rings is 1. The number of carbonyl (C=O) groups excluding carboxylic acids is 1. The van der Waals surface area contributed by atoms with Crippen LogP contribution in [0, 0.1) is 13.8 Å². The molecule has 2 N–H and O–H groups in total. The summed E-state index contributed by atoms with van der Waals surface area (Å²) in [6, 6.07) is 15.6. The first kappa shape index (κ1) is 17.2. The molecule has 0 spiro atoms. The van der Waals surface area contributed by atoms with Crippen LogP contribution in [0.1, 0.15) is 21.5 Å². The van der Waals surface area contributed by atoms with Crippen molar-refractivity contribution in [2.45, 2.75) is 13.8 Å². The quantitative estimate of drug-likeness (QED) is 0.616. The highest BCUT2D eigenvalue weighted by atomic mass is 79.9. The van der Waals surface area contributed by atoms with Gasteiger partial charge in [-0.05, 0) is 61.4 Å². The largest absolute Gasteiger partial charge is 0.354 e. The van der Waals surface area contributed by atoms with E-state index in [9.17, 15) is 4.79 Å². The molecule has 0 saturated carbocycles. The molecule has 1 heterocycles. The lowest BCUT2D eigenvalue weighted by atomic mass is 10.2. The Labute approximate surface area is 155 Å². The van der Waals surface area contributed by atoms with E-state index in [0.717, 1.165) is 32.7 Å². The third kappa shape index (κ3) is 4.45. The Morgan fingerprint density at radius 3 is 2.60 bits per heavy atom. The zero-order valence-electron chi connectivity index (χ0n) is 14.0. The van der Waals surface area contributed by atoms with E-state index in [-0.39, 0.29) is 5.91 Å². The Kier molecular flexibility index (Phi) is 5.14. The smallest absolute Gasteiger partial charge is 0.257 e. The third-order valence-electron chi connectivity index (χ3n) is 3.74. The summed E-state index contributed by atoms with van der Waals surface area (Å²) in [4.78, 5) is 16.7. The van der Waals surface area contributed by atoms with Crippen LogP contribution in [0.2, 0.25) is 0 Å². The van der Waals surface area contributed by atoms with Crippen molar-refractivity contribution in [2.75, 3.05) is 10.6 Å². The first-order valence-corrected chi connectivity index (χ1v) is 8.67. The summed E-state index contributed by atoms with van der Waals surface area (Å²) in [5, 5.41) is 6.20. The average Bonchev–Trinajstić information content (AvgIpc) is 2.57. The summed E-state index contributed by atoms with van der Waals surface area (Å²) in [6.45, 7) is 3.99. The van der Waals surface area contributed by atoms with Crippen molar-refractivity contribution in [3.63, 3.8) is 0 Å². The lowest BCUT2D eigenvalue weighted by Gasteiger charge is -2.11. The summed E-state index contributed by atoms with van der Waals surface area (Å²) >= 11 is 3.42. The molecule has 2 aromatic carbocycles. The van der Waals surface area contributed by atoms with Crippen LogP contribution in [0.3, 0.4) is 0 Å². The molecule has 0 radical (unpaired) electrons. The van der Waals surface area contributed by atoms with Crippen LogP contribution in [0.15, 0.2) is 65.4 Å². The van der Waals surface area contributed by atoms with E-state index >= 15 is 0 Å². The van der Waals surface area contributed by atoms with E-state index < -0.39 is 0 Å². The fraction of sp³-hybridized carbons (Fsp3) is 0.100. The molecule has 0 saturated heterocycles. The molecular weight excluding hydrogens is 378 g/mol. The number of nitrogens with one attached hydrogen (secondary N) is 2. The van der Waals surface area contributed by atoms with Crippen molar-refractivity contribution in [3.8, 4) is 0 Å². The van der Waals surface area contributed by atoms with Gasteiger partial charge in [-0.1, -0.05) is 28.1 Å². The molecule has 4 nitrogen and oxygen atoms in total. The van der Waals surface area contributed by atoms with E-state index in [2.05, 4.69) is 31.5 Å². The Bertz CT molecular complexity index is 924. The lowest BCUT2D eigenvalue weighted by Crippen LogP contribution is -2.13. The van der Waals surface area contributed by atoms with E-state index in [1.165, 1.54) is 0 Å². The molecule has 0 aliphatic heterocycles. The second-order valence-electron chi connectivity index (χ2n) is 5.87. The normalized spacial score (nSPS) is 10.4. The topological polar surface area (TPSA) is 54.0 Å². The number of aromatic nitrogens is 1. The molecule has 3 aromatic rings. The molecule has 3 rings (SSSR count). The monoisotopic (exact) mass is 395 g/mol. The Hall–Kier alpha value is -2.66. The fourth-order valence-corrected chi connectivity index (χ4v) is 2.96. The van der Waals surface area contributed by atoms with Crippen LogP contribution in [0.25, 0.3) is 0 Å². The van der Waals surface area contributed by atoms with Crippen molar-refractivity contribution >= 4 is 38.9 Å². The van der Waals surface area contributed by atoms with Crippen LogP contribution >= 0.6 is 15.9 Å². The summed E-state index contributed by atoms with van der Waals surface area (Å²) in [7, 11) is 0. The van der Waals surface area contributed by atoms with Gasteiger partial charge in [-0.2, -0.15) is 0 Å². The molecular formula is C20H18BrN3O. The number of rotatable bonds is 4. The predicted octanol–water partition coefficient (Wildman–Crippen LogP) is 5.46. The molecule has 0 atom stereocenters. The fourth-order valence-electron chi connectivity index (χ4n) is 2.48. The van der Waals surface area contributed by atoms with E-state index in [4.69, 9.17) is 0 Å². The minimum atomic E-state index is -0.189. The number of nitrogens with zero attached hydrogens (tertiary/aromatic N) is 1. The number of aryl methyl sites for hydroxylation is 2. The molecule has 5 heteroatoms. The molecule has 25 heavy (non-hydrogen) atoms. The van der Waals surface area contributed by atoms with Crippen molar-refractivity contribution in [1.29, 1.82) is 0 Å². The third-order valence-corrected chi connectivity index (χ3v) is 4.24. The molecule has 126 valence electrons. The van der Waals surface area contributed by atoms with Crippen LogP contribution < -0.4 is 10.6 Å². The molecule has 1 aromatic heterocycles. The van der Waals surface area contributed by atoms with Gasteiger partial charge in [0, 0.05) is 22.0 Å². The number of benzene rings is 2. The summed E-state index contributed by atoms with van der Waals surface area (Å²) in [5.41, 5.74) is 5.17. The van der Waals surface area contributed by atoms with Gasteiger partial charge in [-0.3, -0.25) is 9.78 Å². The molecule has 0 aliphatic carbocycles. The Morgan fingerprint density at radius 2 is 1.84 bits per heavy atom. The molecule has 1 amide bonds. The van der Waals surface area contributed by atoms with Crippen molar-refractivity contribution in [3.05, 3.63) is 82.1 Å². The lowest BCUT2D eigenvalue weighted by molar-refractivity contribution is 0.102. The molecule has 0 fully saturated rings. The second-order valence-corrected chi connectivity index (χ2v) is 6.79. The van der Waals surface area contributed by atoms with Gasteiger partial charge in [0.2, 0.25) is 0 Å². The second kappa shape index (κ2) is 7.49. The number of halogens is 1. The SMILES string of the molecule is Cc1cccc(Nc2cncc(C(=O)Nc3ccc(Br)cc3C)c2)c1.